The van der Waals surface area contributed by atoms with Crippen molar-refractivity contribution in [3.8, 4) is 0 Å². The summed E-state index contributed by atoms with van der Waals surface area (Å²) < 4.78 is 0. The van der Waals surface area contributed by atoms with Crippen LogP contribution in [-0.4, -0.2) is 51.5 Å². The van der Waals surface area contributed by atoms with Gasteiger partial charge in [0.25, 0.3) is 0 Å². The zero-order valence-corrected chi connectivity index (χ0v) is 10.6. The molecule has 5 heteroatoms. The normalized spacial score (nSPS) is 33.1. The Balaban J connectivity index is 2.05. The van der Waals surface area contributed by atoms with Gasteiger partial charge in [0.15, 0.2) is 0 Å². The Morgan fingerprint density at radius 1 is 1.57 bits per heavy atom. The second kappa shape index (κ2) is 4.12. The largest absolute Gasteiger partial charge is 0.383 e. The summed E-state index contributed by atoms with van der Waals surface area (Å²) in [6.45, 7) is 1.92. The van der Waals surface area contributed by atoms with E-state index in [4.69, 9.17) is 0 Å². The van der Waals surface area contributed by atoms with Crippen LogP contribution >= 0.6 is 27.7 Å². The molecule has 0 amide bonds. The highest BCUT2D eigenvalue weighted by molar-refractivity contribution is 9.09. The lowest BCUT2D eigenvalue weighted by atomic mass is 9.93. The number of hydrogen-bond acceptors (Lipinski definition) is 4. The Kier molecular flexibility index (Phi) is 3.21. The summed E-state index contributed by atoms with van der Waals surface area (Å²) in [6, 6.07) is 0. The third-order valence-electron chi connectivity index (χ3n) is 2.83. The number of hydrogen-bond donors (Lipinski definition) is 1. The molecule has 0 aromatic carbocycles. The van der Waals surface area contributed by atoms with E-state index < -0.39 is 5.60 Å². The highest BCUT2D eigenvalue weighted by atomic mass is 79.9. The molecule has 0 bridgehead atoms. The third kappa shape index (κ3) is 2.15. The summed E-state index contributed by atoms with van der Waals surface area (Å²) in [4.78, 5) is 6.89. The molecule has 1 N–H and O–H groups in total. The van der Waals surface area contributed by atoms with Gasteiger partial charge in [-0.3, -0.25) is 4.99 Å². The second-order valence-electron chi connectivity index (χ2n) is 4.01. The first-order chi connectivity index (χ1) is 6.60. The van der Waals surface area contributed by atoms with Crippen LogP contribution in [0.25, 0.3) is 0 Å². The van der Waals surface area contributed by atoms with E-state index >= 15 is 0 Å². The van der Waals surface area contributed by atoms with E-state index in [9.17, 15) is 5.11 Å². The van der Waals surface area contributed by atoms with Crippen LogP contribution in [0.5, 0.6) is 0 Å². The maximum atomic E-state index is 10.4. The van der Waals surface area contributed by atoms with Crippen LogP contribution in [0.2, 0.25) is 0 Å². The molecule has 0 spiro atoms. The first kappa shape index (κ1) is 10.9. The summed E-state index contributed by atoms with van der Waals surface area (Å²) >= 11 is 5.14. The molecule has 2 heterocycles. The van der Waals surface area contributed by atoms with Gasteiger partial charge in [0.05, 0.1) is 0 Å². The molecule has 0 aliphatic carbocycles. The van der Waals surface area contributed by atoms with E-state index in [1.807, 2.05) is 0 Å². The maximum absolute atomic E-state index is 10.4. The Labute approximate surface area is 97.1 Å². The van der Waals surface area contributed by atoms with E-state index in [-0.39, 0.29) is 4.95 Å². The molecule has 80 valence electrons. The van der Waals surface area contributed by atoms with E-state index in [1.54, 1.807) is 11.8 Å². The summed E-state index contributed by atoms with van der Waals surface area (Å²) in [6.07, 6.45) is 1.63. The van der Waals surface area contributed by atoms with Gasteiger partial charge in [-0.1, -0.05) is 15.9 Å². The van der Waals surface area contributed by atoms with Crippen molar-refractivity contribution in [1.29, 1.82) is 0 Å². The average molecular weight is 279 g/mol. The quantitative estimate of drug-likeness (QED) is 0.580. The van der Waals surface area contributed by atoms with E-state index in [0.29, 0.717) is 0 Å². The molecule has 1 fully saturated rings. The van der Waals surface area contributed by atoms with Gasteiger partial charge in [0.2, 0.25) is 0 Å². The summed E-state index contributed by atoms with van der Waals surface area (Å²) in [5.41, 5.74) is -0.639. The number of piperidine rings is 1. The number of halogens is 1. The van der Waals surface area contributed by atoms with Gasteiger partial charge >= 0.3 is 0 Å². The molecule has 1 unspecified atom stereocenters. The molecule has 0 aromatic heterocycles. The lowest BCUT2D eigenvalue weighted by molar-refractivity contribution is 0.0464. The predicted molar refractivity (Wildman–Crippen MR) is 64.3 cm³/mol. The van der Waals surface area contributed by atoms with Crippen LogP contribution in [0.15, 0.2) is 4.99 Å². The minimum Gasteiger partial charge on any atom is -0.383 e. The van der Waals surface area contributed by atoms with Crippen LogP contribution in [-0.2, 0) is 0 Å². The average Bonchev–Trinajstić information content (AvgIpc) is 2.58. The van der Waals surface area contributed by atoms with Gasteiger partial charge in [-0.2, -0.15) is 0 Å². The molecule has 3 nitrogen and oxygen atoms in total. The van der Waals surface area contributed by atoms with Crippen molar-refractivity contribution >= 4 is 32.7 Å². The monoisotopic (exact) mass is 278 g/mol. The second-order valence-corrected chi connectivity index (χ2v) is 6.08. The first-order valence-corrected chi connectivity index (χ1v) is 6.76. The molecule has 0 saturated carbocycles. The lowest BCUT2D eigenvalue weighted by Crippen LogP contribution is -2.46. The van der Waals surface area contributed by atoms with Crippen molar-refractivity contribution in [2.75, 3.05) is 25.9 Å². The van der Waals surface area contributed by atoms with Gasteiger partial charge in [-0.05, 0) is 19.9 Å². The predicted octanol–water partition coefficient (Wildman–Crippen LogP) is 1.31. The number of rotatable bonds is 1. The smallest absolute Gasteiger partial charge is 0.115 e. The van der Waals surface area contributed by atoms with Crippen molar-refractivity contribution in [2.24, 2.45) is 4.99 Å². The van der Waals surface area contributed by atoms with Gasteiger partial charge in [-0.15, -0.1) is 11.8 Å². The Morgan fingerprint density at radius 2 is 2.21 bits per heavy atom. The standard InChI is InChI=1S/C9H15BrN2OS/c1-12-4-2-9(13,3-5-12)8-11-7(10)6-14-8/h7,13H,2-6H2,1H3. The van der Waals surface area contributed by atoms with Crippen molar-refractivity contribution in [3.63, 3.8) is 0 Å². The zero-order chi connectivity index (χ0) is 10.2. The Hall–Kier alpha value is 0.420. The van der Waals surface area contributed by atoms with Crippen molar-refractivity contribution in [1.82, 2.24) is 4.90 Å². The van der Waals surface area contributed by atoms with Crippen LogP contribution < -0.4 is 0 Å². The number of thioether (sulfide) groups is 1. The number of aliphatic imine (C=N–C) groups is 1. The van der Waals surface area contributed by atoms with Crippen LogP contribution in [0.1, 0.15) is 12.8 Å². The van der Waals surface area contributed by atoms with Crippen LogP contribution in [0.3, 0.4) is 0 Å². The minimum atomic E-state index is -0.639. The lowest BCUT2D eigenvalue weighted by Gasteiger charge is -2.36. The molecular formula is C9H15BrN2OS. The highest BCUT2D eigenvalue weighted by Crippen LogP contribution is 2.34. The SMILES string of the molecule is CN1CCC(O)(C2=NC(Br)CS2)CC1. The number of likely N-dealkylation sites (tertiary alicyclic amines) is 1. The van der Waals surface area contributed by atoms with Crippen molar-refractivity contribution in [3.05, 3.63) is 0 Å². The number of alkyl halides is 1. The molecule has 0 radical (unpaired) electrons. The fourth-order valence-electron chi connectivity index (χ4n) is 1.81. The molecule has 2 aliphatic heterocycles. The topological polar surface area (TPSA) is 35.8 Å². The van der Waals surface area contributed by atoms with E-state index in [0.717, 1.165) is 36.7 Å². The maximum Gasteiger partial charge on any atom is 0.115 e. The van der Waals surface area contributed by atoms with Crippen LogP contribution in [0, 0.1) is 0 Å². The molecule has 2 aliphatic rings. The fraction of sp³-hybridized carbons (Fsp3) is 0.889. The minimum absolute atomic E-state index is 0.200. The Morgan fingerprint density at radius 3 is 2.71 bits per heavy atom. The molecule has 1 atom stereocenters. The van der Waals surface area contributed by atoms with E-state index in [1.165, 1.54) is 0 Å². The zero-order valence-electron chi connectivity index (χ0n) is 8.24. The highest BCUT2D eigenvalue weighted by Gasteiger charge is 2.39. The Bertz CT molecular complexity index is 251. The summed E-state index contributed by atoms with van der Waals surface area (Å²) in [7, 11) is 2.09. The molecule has 2 rings (SSSR count). The third-order valence-corrected chi connectivity index (χ3v) is 5.03. The molecule has 1 saturated heterocycles. The number of aliphatic hydroxyl groups is 1. The first-order valence-electron chi connectivity index (χ1n) is 4.86. The van der Waals surface area contributed by atoms with Crippen molar-refractivity contribution < 1.29 is 5.11 Å². The van der Waals surface area contributed by atoms with E-state index in [2.05, 4.69) is 32.9 Å². The van der Waals surface area contributed by atoms with Gasteiger partial charge in [-0.25, -0.2) is 0 Å². The summed E-state index contributed by atoms with van der Waals surface area (Å²) in [5.74, 6) is 0.952. The van der Waals surface area contributed by atoms with Gasteiger partial charge in [0.1, 0.15) is 15.6 Å². The van der Waals surface area contributed by atoms with Crippen LogP contribution in [0.4, 0.5) is 0 Å². The molecular weight excluding hydrogens is 264 g/mol. The van der Waals surface area contributed by atoms with Gasteiger partial charge in [0, 0.05) is 18.8 Å². The molecule has 0 aromatic rings. The van der Waals surface area contributed by atoms with Crippen molar-refractivity contribution in [2.45, 2.75) is 23.4 Å². The van der Waals surface area contributed by atoms with Gasteiger partial charge < -0.3 is 10.0 Å². The number of nitrogens with zero attached hydrogens (tertiary/aromatic N) is 2. The fourth-order valence-corrected chi connectivity index (χ4v) is 3.59. The summed E-state index contributed by atoms with van der Waals surface area (Å²) in [5, 5.41) is 11.3. The molecule has 14 heavy (non-hydrogen) atoms.